The van der Waals surface area contributed by atoms with Gasteiger partial charge in [0.05, 0.1) is 0 Å². The van der Waals surface area contributed by atoms with Crippen molar-refractivity contribution in [2.75, 3.05) is 39.8 Å². The summed E-state index contributed by atoms with van der Waals surface area (Å²) in [5.74, 6) is 1.74. The van der Waals surface area contributed by atoms with Gasteiger partial charge < -0.3 is 10.2 Å². The number of hydrogen-bond acceptors (Lipinski definition) is 3. The first-order valence-corrected chi connectivity index (χ1v) is 11.6. The summed E-state index contributed by atoms with van der Waals surface area (Å²) in [7, 11) is 1.91. The summed E-state index contributed by atoms with van der Waals surface area (Å²) in [6.07, 6.45) is 6.03. The molecule has 4 rings (SSSR count). The molecule has 1 atom stereocenters. The Labute approximate surface area is 202 Å². The standard InChI is InChI=1S/C24H32N4S.HI/c1-25-24(28-14-11-22(12-15-28)21-8-3-2-4-9-21)26-17-20-7-5-13-27(18-20)19-23-10-6-16-29-23;/h2-4,6,8-11,16,20H,5,7,12-15,17-19H2,1H3,(H,25,26);1H. The topological polar surface area (TPSA) is 30.9 Å². The lowest BCUT2D eigenvalue weighted by Gasteiger charge is -2.34. The number of likely N-dealkylation sites (tertiary alicyclic amines) is 1. The van der Waals surface area contributed by atoms with Crippen LogP contribution in [0.25, 0.3) is 5.57 Å². The average molecular weight is 537 g/mol. The van der Waals surface area contributed by atoms with Crippen molar-refractivity contribution in [3.05, 3.63) is 64.4 Å². The second kappa shape index (κ2) is 11.9. The Hall–Kier alpha value is -1.38. The molecule has 2 aliphatic heterocycles. The summed E-state index contributed by atoms with van der Waals surface area (Å²) in [6, 6.07) is 15.1. The van der Waals surface area contributed by atoms with Gasteiger partial charge in [0.1, 0.15) is 0 Å². The van der Waals surface area contributed by atoms with Crippen molar-refractivity contribution in [3.63, 3.8) is 0 Å². The number of aliphatic imine (C=N–C) groups is 1. The van der Waals surface area contributed by atoms with Crippen LogP contribution in [-0.4, -0.2) is 55.5 Å². The summed E-state index contributed by atoms with van der Waals surface area (Å²) in [5.41, 5.74) is 2.80. The summed E-state index contributed by atoms with van der Waals surface area (Å²) in [4.78, 5) is 11.0. The lowest BCUT2D eigenvalue weighted by molar-refractivity contribution is 0.169. The molecule has 0 radical (unpaired) electrons. The molecule has 30 heavy (non-hydrogen) atoms. The molecule has 162 valence electrons. The van der Waals surface area contributed by atoms with Crippen LogP contribution in [0, 0.1) is 5.92 Å². The van der Waals surface area contributed by atoms with Crippen molar-refractivity contribution in [2.24, 2.45) is 10.9 Å². The highest BCUT2D eigenvalue weighted by molar-refractivity contribution is 14.0. The SMILES string of the molecule is CN=C(NCC1CCCN(Cc2cccs2)C1)N1CC=C(c2ccccc2)CC1.I. The van der Waals surface area contributed by atoms with E-state index in [4.69, 9.17) is 0 Å². The molecule has 0 amide bonds. The molecule has 6 heteroatoms. The third-order valence-corrected chi connectivity index (χ3v) is 6.84. The normalized spacial score (nSPS) is 20.4. The molecule has 1 N–H and O–H groups in total. The van der Waals surface area contributed by atoms with Crippen LogP contribution in [-0.2, 0) is 6.54 Å². The minimum Gasteiger partial charge on any atom is -0.356 e. The van der Waals surface area contributed by atoms with E-state index in [0.717, 1.165) is 38.6 Å². The Kier molecular flexibility index (Phi) is 9.21. The van der Waals surface area contributed by atoms with E-state index in [1.54, 1.807) is 0 Å². The lowest BCUT2D eigenvalue weighted by atomic mass is 9.98. The minimum atomic E-state index is 0. The fraction of sp³-hybridized carbons (Fsp3) is 0.458. The Balaban J connectivity index is 0.00000256. The van der Waals surface area contributed by atoms with Crippen LogP contribution >= 0.6 is 35.3 Å². The first kappa shape index (κ1) is 23.3. The molecule has 0 aliphatic carbocycles. The van der Waals surface area contributed by atoms with Crippen LogP contribution in [0.1, 0.15) is 29.7 Å². The van der Waals surface area contributed by atoms with Crippen LogP contribution in [0.15, 0.2) is 58.9 Å². The van der Waals surface area contributed by atoms with E-state index in [1.165, 1.54) is 41.9 Å². The first-order chi connectivity index (χ1) is 14.3. The molecule has 1 fully saturated rings. The van der Waals surface area contributed by atoms with Crippen LogP contribution < -0.4 is 5.32 Å². The third-order valence-electron chi connectivity index (χ3n) is 5.98. The van der Waals surface area contributed by atoms with Gasteiger partial charge in [-0.25, -0.2) is 0 Å². The van der Waals surface area contributed by atoms with Crippen molar-refractivity contribution < 1.29 is 0 Å². The highest BCUT2D eigenvalue weighted by Crippen LogP contribution is 2.23. The molecular formula is C24H33IN4S. The molecule has 0 bridgehead atoms. The number of hydrogen-bond donors (Lipinski definition) is 1. The van der Waals surface area contributed by atoms with Crippen LogP contribution in [0.4, 0.5) is 0 Å². The molecule has 2 aromatic rings. The molecular weight excluding hydrogens is 503 g/mol. The van der Waals surface area contributed by atoms with Crippen molar-refractivity contribution >= 4 is 46.8 Å². The van der Waals surface area contributed by atoms with E-state index in [0.29, 0.717) is 5.92 Å². The maximum atomic E-state index is 4.56. The zero-order valence-corrected chi connectivity index (χ0v) is 20.9. The van der Waals surface area contributed by atoms with E-state index in [-0.39, 0.29) is 24.0 Å². The minimum absolute atomic E-state index is 0. The maximum absolute atomic E-state index is 4.56. The molecule has 1 aromatic heterocycles. The van der Waals surface area contributed by atoms with E-state index in [2.05, 4.69) is 74.0 Å². The Bertz CT molecular complexity index is 819. The largest absolute Gasteiger partial charge is 0.356 e. The Morgan fingerprint density at radius 2 is 2.03 bits per heavy atom. The quantitative estimate of drug-likeness (QED) is 0.334. The number of nitrogens with one attached hydrogen (secondary N) is 1. The summed E-state index contributed by atoms with van der Waals surface area (Å²) in [6.45, 7) is 6.47. The van der Waals surface area contributed by atoms with Crippen molar-refractivity contribution in [1.29, 1.82) is 0 Å². The van der Waals surface area contributed by atoms with Crippen LogP contribution in [0.2, 0.25) is 0 Å². The van der Waals surface area contributed by atoms with Crippen molar-refractivity contribution in [2.45, 2.75) is 25.8 Å². The average Bonchev–Trinajstić information content (AvgIpc) is 3.29. The van der Waals surface area contributed by atoms with Gasteiger partial charge in [0.2, 0.25) is 0 Å². The predicted octanol–water partition coefficient (Wildman–Crippen LogP) is 4.94. The summed E-state index contributed by atoms with van der Waals surface area (Å²) in [5, 5.41) is 5.84. The highest BCUT2D eigenvalue weighted by Gasteiger charge is 2.22. The van der Waals surface area contributed by atoms with Crippen molar-refractivity contribution in [3.8, 4) is 0 Å². The van der Waals surface area contributed by atoms with Gasteiger partial charge in [-0.1, -0.05) is 42.5 Å². The summed E-state index contributed by atoms with van der Waals surface area (Å²) < 4.78 is 0. The van der Waals surface area contributed by atoms with Gasteiger partial charge in [-0.3, -0.25) is 9.89 Å². The van der Waals surface area contributed by atoms with Crippen LogP contribution in [0.3, 0.4) is 0 Å². The van der Waals surface area contributed by atoms with Gasteiger partial charge in [0.15, 0.2) is 5.96 Å². The van der Waals surface area contributed by atoms with E-state index in [1.807, 2.05) is 18.4 Å². The number of thiophene rings is 1. The fourth-order valence-corrected chi connectivity index (χ4v) is 5.17. The fourth-order valence-electron chi connectivity index (χ4n) is 4.43. The molecule has 4 nitrogen and oxygen atoms in total. The molecule has 1 aromatic carbocycles. The maximum Gasteiger partial charge on any atom is 0.193 e. The second-order valence-electron chi connectivity index (χ2n) is 8.04. The number of guanidine groups is 1. The van der Waals surface area contributed by atoms with Gasteiger partial charge >= 0.3 is 0 Å². The molecule has 0 saturated carbocycles. The molecule has 1 unspecified atom stereocenters. The Morgan fingerprint density at radius 3 is 2.73 bits per heavy atom. The lowest BCUT2D eigenvalue weighted by Crippen LogP contribution is -2.47. The van der Waals surface area contributed by atoms with E-state index >= 15 is 0 Å². The first-order valence-electron chi connectivity index (χ1n) is 10.8. The zero-order valence-electron chi connectivity index (χ0n) is 17.8. The van der Waals surface area contributed by atoms with Gasteiger partial charge in [-0.05, 0) is 54.3 Å². The van der Waals surface area contributed by atoms with E-state index in [9.17, 15) is 0 Å². The molecule has 2 aliphatic rings. The molecule has 0 spiro atoms. The second-order valence-corrected chi connectivity index (χ2v) is 9.07. The molecule has 1 saturated heterocycles. The summed E-state index contributed by atoms with van der Waals surface area (Å²) >= 11 is 1.87. The zero-order chi connectivity index (χ0) is 19.9. The van der Waals surface area contributed by atoms with Crippen molar-refractivity contribution in [1.82, 2.24) is 15.1 Å². The third kappa shape index (κ3) is 6.31. The number of rotatable bonds is 5. The van der Waals surface area contributed by atoms with Gasteiger partial charge in [-0.15, -0.1) is 35.3 Å². The number of nitrogens with zero attached hydrogens (tertiary/aromatic N) is 3. The molecule has 3 heterocycles. The van der Waals surface area contributed by atoms with Crippen LogP contribution in [0.5, 0.6) is 0 Å². The highest BCUT2D eigenvalue weighted by atomic mass is 127. The number of piperidine rings is 1. The Morgan fingerprint density at radius 1 is 1.17 bits per heavy atom. The van der Waals surface area contributed by atoms with Gasteiger partial charge in [0, 0.05) is 44.6 Å². The predicted molar refractivity (Wildman–Crippen MR) is 140 cm³/mol. The van der Waals surface area contributed by atoms with Gasteiger partial charge in [0.25, 0.3) is 0 Å². The monoisotopic (exact) mass is 536 g/mol. The number of benzene rings is 1. The smallest absolute Gasteiger partial charge is 0.193 e. The van der Waals surface area contributed by atoms with E-state index < -0.39 is 0 Å². The number of halogens is 1. The van der Waals surface area contributed by atoms with Gasteiger partial charge in [-0.2, -0.15) is 0 Å².